The topological polar surface area (TPSA) is 13.0 Å². The van der Waals surface area contributed by atoms with Crippen LogP contribution < -0.4 is 19.6 Å². The van der Waals surface area contributed by atoms with Gasteiger partial charge in [0.25, 0.3) is 0 Å². The van der Waals surface area contributed by atoms with Crippen LogP contribution in [0, 0.1) is 12.1 Å². The third-order valence-electron chi connectivity index (χ3n) is 11.2. The van der Waals surface area contributed by atoms with Gasteiger partial charge in [0.15, 0.2) is 0 Å². The highest BCUT2D eigenvalue weighted by Crippen LogP contribution is 2.42. The van der Waals surface area contributed by atoms with E-state index < -0.39 is 0 Å². The molecule has 0 amide bonds. The highest BCUT2D eigenvalue weighted by atomic mass is 15.2. The Labute approximate surface area is 376 Å². The quantitative estimate of drug-likeness (QED) is 0.115. The minimum Gasteiger partial charge on any atom is -0.311 e. The van der Waals surface area contributed by atoms with Crippen molar-refractivity contribution < 1.29 is 0 Å². The molecule has 0 saturated carbocycles. The predicted molar refractivity (Wildman–Crippen MR) is 268 cm³/mol. The van der Waals surface area contributed by atoms with Crippen molar-refractivity contribution in [1.29, 1.82) is 0 Å². The molecule has 0 aliphatic rings. The fourth-order valence-corrected chi connectivity index (χ4v) is 8.20. The van der Waals surface area contributed by atoms with E-state index in [1.165, 1.54) is 11.1 Å². The van der Waals surface area contributed by atoms with Crippen molar-refractivity contribution in [3.05, 3.63) is 279 Å². The molecule has 0 fully saturated rings. The van der Waals surface area contributed by atoms with Crippen molar-refractivity contribution in [3.63, 3.8) is 0 Å². The standard InChI is InChI=1S/C60H44N4/c1-7-19-47(20-8-1)48-31-33-54(34-32-48)64(59-43-37-56(38-44-59)62(51-25-13-4-14-26-51)52-27-15-5-16-28-52)60-45-41-58(42-46-60)63(53-29-17-6-18-30-53)57-39-35-55(36-40-57)61(49-21-9-2-10-22-49)50-23-11-3-12-24-50/h1-35,37-39,41-46H. The maximum absolute atomic E-state index is 3.54. The molecule has 0 aromatic heterocycles. The number of hydrogen-bond acceptors (Lipinski definition) is 4. The maximum atomic E-state index is 3.54. The SMILES string of the molecule is c1c(N(c2ccccc2)c2ccccc2)ccc(N(c2ccccc2)c2ccc(N(c3ccc(-c4ccccc4)cc3)c3ccc(N(c4ccccc4)c4ccccc4)cc3)cc2)c#1. The second kappa shape index (κ2) is 18.5. The van der Waals surface area contributed by atoms with Gasteiger partial charge in [0.1, 0.15) is 0 Å². The van der Waals surface area contributed by atoms with E-state index in [9.17, 15) is 0 Å². The van der Waals surface area contributed by atoms with Crippen LogP contribution in [-0.4, -0.2) is 0 Å². The minimum absolute atomic E-state index is 0.883. The van der Waals surface area contributed by atoms with Gasteiger partial charge in [0.05, 0.1) is 11.4 Å². The monoisotopic (exact) mass is 820 g/mol. The average molecular weight is 821 g/mol. The number of para-hydroxylation sites is 5. The molecule has 0 saturated heterocycles. The molecule has 0 spiro atoms. The van der Waals surface area contributed by atoms with Crippen molar-refractivity contribution >= 4 is 68.2 Å². The summed E-state index contributed by atoms with van der Waals surface area (Å²) in [7, 11) is 0. The zero-order valence-electron chi connectivity index (χ0n) is 35.2. The third kappa shape index (κ3) is 8.43. The summed E-state index contributed by atoms with van der Waals surface area (Å²) < 4.78 is 0. The van der Waals surface area contributed by atoms with Gasteiger partial charge in [-0.25, -0.2) is 0 Å². The van der Waals surface area contributed by atoms with E-state index >= 15 is 0 Å². The Morgan fingerprint density at radius 1 is 0.172 bits per heavy atom. The molecule has 0 aliphatic heterocycles. The van der Waals surface area contributed by atoms with Crippen molar-refractivity contribution in [1.82, 2.24) is 0 Å². The molecule has 0 heterocycles. The number of rotatable bonds is 13. The van der Waals surface area contributed by atoms with E-state index in [1.54, 1.807) is 0 Å². The highest BCUT2D eigenvalue weighted by Gasteiger charge is 2.19. The zero-order chi connectivity index (χ0) is 42.9. The first-order chi connectivity index (χ1) is 31.8. The van der Waals surface area contributed by atoms with Gasteiger partial charge in [-0.2, -0.15) is 0 Å². The van der Waals surface area contributed by atoms with Crippen LogP contribution in [0.15, 0.2) is 267 Å². The van der Waals surface area contributed by atoms with Crippen molar-refractivity contribution in [2.75, 3.05) is 19.6 Å². The van der Waals surface area contributed by atoms with Gasteiger partial charge in [-0.1, -0.05) is 133 Å². The molecule has 4 heteroatoms. The minimum atomic E-state index is 0.883. The van der Waals surface area contributed by atoms with Crippen LogP contribution in [0.4, 0.5) is 68.2 Å². The predicted octanol–water partition coefficient (Wildman–Crippen LogP) is 16.8. The largest absolute Gasteiger partial charge is 0.311 e. The van der Waals surface area contributed by atoms with Gasteiger partial charge < -0.3 is 19.6 Å². The molecule has 64 heavy (non-hydrogen) atoms. The molecule has 0 aliphatic carbocycles. The van der Waals surface area contributed by atoms with Gasteiger partial charge in [-0.3, -0.25) is 0 Å². The first-order valence-electron chi connectivity index (χ1n) is 21.5. The molecule has 0 N–H and O–H groups in total. The summed E-state index contributed by atoms with van der Waals surface area (Å²) in [6.45, 7) is 0. The van der Waals surface area contributed by atoms with E-state index in [2.05, 4.69) is 280 Å². The molecule has 10 rings (SSSR count). The molecule has 0 bridgehead atoms. The second-order valence-electron chi connectivity index (χ2n) is 15.3. The van der Waals surface area contributed by atoms with Crippen LogP contribution in [0.1, 0.15) is 0 Å². The molecular weight excluding hydrogens is 777 g/mol. The van der Waals surface area contributed by atoms with Gasteiger partial charge in [0.2, 0.25) is 0 Å². The van der Waals surface area contributed by atoms with E-state index in [0.717, 1.165) is 68.2 Å². The van der Waals surface area contributed by atoms with Crippen LogP contribution in [0.2, 0.25) is 0 Å². The van der Waals surface area contributed by atoms with Crippen molar-refractivity contribution in [3.8, 4) is 11.1 Å². The molecule has 4 nitrogen and oxygen atoms in total. The van der Waals surface area contributed by atoms with Gasteiger partial charge in [-0.15, -0.1) is 0 Å². The summed E-state index contributed by atoms with van der Waals surface area (Å²) in [6.07, 6.45) is 0. The highest BCUT2D eigenvalue weighted by molar-refractivity contribution is 5.84. The molecule has 0 atom stereocenters. The first kappa shape index (κ1) is 39.4. The lowest BCUT2D eigenvalue weighted by atomic mass is 10.0. The molecule has 10 aromatic rings. The summed E-state index contributed by atoms with van der Waals surface area (Å²) in [6, 6.07) is 101. The average Bonchev–Trinajstić information content (AvgIpc) is 3.38. The first-order valence-corrected chi connectivity index (χ1v) is 21.5. The van der Waals surface area contributed by atoms with Crippen LogP contribution >= 0.6 is 0 Å². The normalized spacial score (nSPS) is 10.7. The zero-order valence-corrected chi connectivity index (χ0v) is 35.2. The van der Waals surface area contributed by atoms with E-state index in [4.69, 9.17) is 0 Å². The summed E-state index contributed by atoms with van der Waals surface area (Å²) in [4.78, 5) is 9.05. The fourth-order valence-electron chi connectivity index (χ4n) is 8.20. The Balaban J connectivity index is 1.02. The Morgan fingerprint density at radius 2 is 0.375 bits per heavy atom. The van der Waals surface area contributed by atoms with Crippen LogP contribution in [0.25, 0.3) is 11.1 Å². The Kier molecular flexibility index (Phi) is 11.4. The fraction of sp³-hybridized carbons (Fsp3) is 0. The number of hydrogen-bond donors (Lipinski definition) is 0. The summed E-state index contributed by atoms with van der Waals surface area (Å²) in [5, 5.41) is 0. The van der Waals surface area contributed by atoms with Crippen LogP contribution in [0.5, 0.6) is 0 Å². The molecular formula is C60H44N4. The second-order valence-corrected chi connectivity index (χ2v) is 15.3. The van der Waals surface area contributed by atoms with E-state index in [1.807, 2.05) is 18.2 Å². The van der Waals surface area contributed by atoms with Crippen LogP contribution in [0.3, 0.4) is 0 Å². The van der Waals surface area contributed by atoms with Crippen molar-refractivity contribution in [2.24, 2.45) is 0 Å². The number of benzene rings is 9. The van der Waals surface area contributed by atoms with Gasteiger partial charge in [-0.05, 0) is 157 Å². The van der Waals surface area contributed by atoms with Gasteiger partial charge in [0, 0.05) is 56.9 Å². The van der Waals surface area contributed by atoms with Crippen molar-refractivity contribution in [2.45, 2.75) is 0 Å². The lowest BCUT2D eigenvalue weighted by Crippen LogP contribution is -2.13. The molecule has 10 aromatic carbocycles. The number of anilines is 12. The number of nitrogens with zero attached hydrogens (tertiary/aromatic N) is 4. The van der Waals surface area contributed by atoms with E-state index in [-0.39, 0.29) is 0 Å². The smallest absolute Gasteiger partial charge is 0.0975 e. The lowest BCUT2D eigenvalue weighted by Gasteiger charge is -2.29. The Bertz CT molecular complexity index is 2900. The summed E-state index contributed by atoms with van der Waals surface area (Å²) in [5.74, 6) is 0. The third-order valence-corrected chi connectivity index (χ3v) is 11.2. The summed E-state index contributed by atoms with van der Waals surface area (Å²) in [5.41, 5.74) is 14.7. The lowest BCUT2D eigenvalue weighted by molar-refractivity contribution is 1.24. The van der Waals surface area contributed by atoms with Crippen LogP contribution in [-0.2, 0) is 0 Å². The Hall–Kier alpha value is -8.78. The molecule has 0 unspecified atom stereocenters. The summed E-state index contributed by atoms with van der Waals surface area (Å²) >= 11 is 0. The molecule has 0 radical (unpaired) electrons. The van der Waals surface area contributed by atoms with Gasteiger partial charge >= 0.3 is 0 Å². The Morgan fingerprint density at radius 3 is 0.656 bits per heavy atom. The van der Waals surface area contributed by atoms with E-state index in [0.29, 0.717) is 0 Å². The molecule has 304 valence electrons. The maximum Gasteiger partial charge on any atom is 0.0975 e.